The molecule has 0 spiro atoms. The van der Waals surface area contributed by atoms with E-state index in [-0.39, 0.29) is 11.8 Å². The molecular weight excluding hydrogens is 316 g/mol. The molecule has 1 aliphatic heterocycles. The SMILES string of the molecule is Cc1cc([C@@H]2CCCN(C(=O)[C@@H](C)Oc3ccc(C#N)cc3)C2)n[nH]1. The first kappa shape index (κ1) is 17.0. The van der Waals surface area contributed by atoms with Gasteiger partial charge in [0.25, 0.3) is 5.91 Å². The summed E-state index contributed by atoms with van der Waals surface area (Å²) in [6.07, 6.45) is 1.44. The van der Waals surface area contributed by atoms with Crippen LogP contribution in [0.15, 0.2) is 30.3 Å². The Morgan fingerprint density at radius 3 is 2.84 bits per heavy atom. The predicted octanol–water partition coefficient (Wildman–Crippen LogP) is 2.76. The number of nitrogens with one attached hydrogen (secondary N) is 1. The normalized spacial score (nSPS) is 18.4. The molecule has 6 nitrogen and oxygen atoms in total. The van der Waals surface area contributed by atoms with Crippen LogP contribution in [0.4, 0.5) is 0 Å². The molecule has 1 fully saturated rings. The largest absolute Gasteiger partial charge is 0.481 e. The first-order chi connectivity index (χ1) is 12.1. The fourth-order valence-corrected chi connectivity index (χ4v) is 3.19. The topological polar surface area (TPSA) is 82.0 Å². The average molecular weight is 338 g/mol. The molecule has 2 atom stereocenters. The van der Waals surface area contributed by atoms with Gasteiger partial charge in [-0.1, -0.05) is 0 Å². The Morgan fingerprint density at radius 2 is 2.20 bits per heavy atom. The fraction of sp³-hybridized carbons (Fsp3) is 0.421. The molecule has 2 heterocycles. The van der Waals surface area contributed by atoms with Crippen molar-refractivity contribution in [1.29, 1.82) is 5.26 Å². The third-order valence-electron chi connectivity index (χ3n) is 4.52. The summed E-state index contributed by atoms with van der Waals surface area (Å²) in [4.78, 5) is 14.6. The van der Waals surface area contributed by atoms with E-state index in [4.69, 9.17) is 10.00 Å². The summed E-state index contributed by atoms with van der Waals surface area (Å²) in [5, 5.41) is 16.1. The van der Waals surface area contributed by atoms with Crippen LogP contribution in [0.2, 0.25) is 0 Å². The summed E-state index contributed by atoms with van der Waals surface area (Å²) >= 11 is 0. The standard InChI is InChI=1S/C19H22N4O2/c1-13-10-18(22-21-13)16-4-3-9-23(12-16)19(24)14(2)25-17-7-5-15(11-20)6-8-17/h5-8,10,14,16H,3-4,9,12H2,1-2H3,(H,21,22)/t14-,16-/m1/s1. The molecule has 1 N–H and O–H groups in total. The maximum absolute atomic E-state index is 12.7. The van der Waals surface area contributed by atoms with Gasteiger partial charge in [0.1, 0.15) is 5.75 Å². The zero-order valence-corrected chi connectivity index (χ0v) is 14.5. The minimum atomic E-state index is -0.562. The molecule has 25 heavy (non-hydrogen) atoms. The summed E-state index contributed by atoms with van der Waals surface area (Å²) in [7, 11) is 0. The van der Waals surface area contributed by atoms with Crippen LogP contribution in [0.3, 0.4) is 0 Å². The third kappa shape index (κ3) is 4.00. The number of aryl methyl sites for hydroxylation is 1. The third-order valence-corrected chi connectivity index (χ3v) is 4.52. The highest BCUT2D eigenvalue weighted by molar-refractivity contribution is 5.81. The van der Waals surface area contributed by atoms with Crippen molar-refractivity contribution in [3.63, 3.8) is 0 Å². The van der Waals surface area contributed by atoms with Gasteiger partial charge in [-0.3, -0.25) is 9.89 Å². The predicted molar refractivity (Wildman–Crippen MR) is 93.1 cm³/mol. The summed E-state index contributed by atoms with van der Waals surface area (Å²) in [5.41, 5.74) is 2.63. The molecule has 0 saturated carbocycles. The fourth-order valence-electron chi connectivity index (χ4n) is 3.19. The highest BCUT2D eigenvalue weighted by atomic mass is 16.5. The quantitative estimate of drug-likeness (QED) is 0.929. The Kier molecular flexibility index (Phi) is 5.03. The van der Waals surface area contributed by atoms with E-state index < -0.39 is 6.10 Å². The first-order valence-corrected chi connectivity index (χ1v) is 8.54. The maximum Gasteiger partial charge on any atom is 0.263 e. The van der Waals surface area contributed by atoms with Gasteiger partial charge < -0.3 is 9.64 Å². The number of carbonyl (C=O) groups excluding carboxylic acids is 1. The number of rotatable bonds is 4. The Bertz CT molecular complexity index is 775. The van der Waals surface area contributed by atoms with Crippen LogP contribution in [0.5, 0.6) is 5.75 Å². The van der Waals surface area contributed by atoms with E-state index in [0.717, 1.165) is 30.8 Å². The van der Waals surface area contributed by atoms with Gasteiger partial charge in [-0.05, 0) is 57.0 Å². The van der Waals surface area contributed by atoms with Gasteiger partial charge in [-0.25, -0.2) is 0 Å². The van der Waals surface area contributed by atoms with E-state index >= 15 is 0 Å². The van der Waals surface area contributed by atoms with Crippen molar-refractivity contribution < 1.29 is 9.53 Å². The van der Waals surface area contributed by atoms with E-state index in [0.29, 0.717) is 17.9 Å². The van der Waals surface area contributed by atoms with E-state index in [1.54, 1.807) is 31.2 Å². The number of nitrogens with zero attached hydrogens (tertiary/aromatic N) is 3. The Hall–Kier alpha value is -2.81. The van der Waals surface area contributed by atoms with Crippen LogP contribution >= 0.6 is 0 Å². The summed E-state index contributed by atoms with van der Waals surface area (Å²) in [5.74, 6) is 0.849. The lowest BCUT2D eigenvalue weighted by atomic mass is 9.94. The van der Waals surface area contributed by atoms with Crippen molar-refractivity contribution in [2.75, 3.05) is 13.1 Å². The molecule has 0 bridgehead atoms. The van der Waals surface area contributed by atoms with E-state index in [2.05, 4.69) is 22.3 Å². The summed E-state index contributed by atoms with van der Waals surface area (Å²) in [6.45, 7) is 5.17. The highest BCUT2D eigenvalue weighted by Crippen LogP contribution is 2.26. The molecule has 3 rings (SSSR count). The Labute approximate surface area is 147 Å². The molecule has 0 radical (unpaired) electrons. The highest BCUT2D eigenvalue weighted by Gasteiger charge is 2.29. The van der Waals surface area contributed by atoms with Gasteiger partial charge in [0.05, 0.1) is 17.3 Å². The van der Waals surface area contributed by atoms with E-state index in [1.807, 2.05) is 11.8 Å². The number of benzene rings is 1. The van der Waals surface area contributed by atoms with Crippen LogP contribution in [0.1, 0.15) is 42.6 Å². The number of likely N-dealkylation sites (tertiary alicyclic amines) is 1. The second-order valence-corrected chi connectivity index (χ2v) is 6.50. The van der Waals surface area contributed by atoms with Crippen molar-refractivity contribution in [2.45, 2.75) is 38.7 Å². The Morgan fingerprint density at radius 1 is 1.44 bits per heavy atom. The average Bonchev–Trinajstić information content (AvgIpc) is 3.08. The minimum Gasteiger partial charge on any atom is -0.481 e. The molecule has 1 aliphatic rings. The number of piperidine rings is 1. The van der Waals surface area contributed by atoms with Gasteiger partial charge in [-0.2, -0.15) is 10.4 Å². The van der Waals surface area contributed by atoms with Gasteiger partial charge >= 0.3 is 0 Å². The number of nitriles is 1. The molecule has 6 heteroatoms. The van der Waals surface area contributed by atoms with Gasteiger partial charge in [-0.15, -0.1) is 0 Å². The van der Waals surface area contributed by atoms with Crippen molar-refractivity contribution in [2.24, 2.45) is 0 Å². The lowest BCUT2D eigenvalue weighted by Gasteiger charge is -2.33. The molecular formula is C19H22N4O2. The lowest BCUT2D eigenvalue weighted by Crippen LogP contribution is -2.45. The summed E-state index contributed by atoms with van der Waals surface area (Å²) < 4.78 is 5.75. The molecule has 130 valence electrons. The molecule has 1 aromatic heterocycles. The van der Waals surface area contributed by atoms with Crippen molar-refractivity contribution >= 4 is 5.91 Å². The monoisotopic (exact) mass is 338 g/mol. The van der Waals surface area contributed by atoms with Crippen molar-refractivity contribution in [3.8, 4) is 11.8 Å². The molecule has 0 aliphatic carbocycles. The van der Waals surface area contributed by atoms with Gasteiger partial charge in [0.15, 0.2) is 6.10 Å². The minimum absolute atomic E-state index is 0.0127. The van der Waals surface area contributed by atoms with Gasteiger partial charge in [0.2, 0.25) is 0 Å². The van der Waals surface area contributed by atoms with Crippen LogP contribution in [-0.4, -0.2) is 40.2 Å². The number of amides is 1. The number of aromatic amines is 1. The smallest absolute Gasteiger partial charge is 0.263 e. The summed E-state index contributed by atoms with van der Waals surface area (Å²) in [6, 6.07) is 10.9. The second kappa shape index (κ2) is 7.39. The van der Waals surface area contributed by atoms with Crippen LogP contribution in [0.25, 0.3) is 0 Å². The zero-order chi connectivity index (χ0) is 17.8. The molecule has 2 aromatic rings. The van der Waals surface area contributed by atoms with Crippen molar-refractivity contribution in [1.82, 2.24) is 15.1 Å². The maximum atomic E-state index is 12.7. The molecule has 0 unspecified atom stereocenters. The number of hydrogen-bond donors (Lipinski definition) is 1. The van der Waals surface area contributed by atoms with Crippen LogP contribution in [0, 0.1) is 18.3 Å². The number of hydrogen-bond acceptors (Lipinski definition) is 4. The van der Waals surface area contributed by atoms with Crippen molar-refractivity contribution in [3.05, 3.63) is 47.3 Å². The van der Waals surface area contributed by atoms with Crippen LogP contribution in [-0.2, 0) is 4.79 Å². The molecule has 1 aromatic carbocycles. The number of H-pyrrole nitrogens is 1. The molecule has 1 amide bonds. The Balaban J connectivity index is 1.61. The molecule has 1 saturated heterocycles. The number of ether oxygens (including phenoxy) is 1. The zero-order valence-electron chi connectivity index (χ0n) is 14.5. The lowest BCUT2D eigenvalue weighted by molar-refractivity contribution is -0.139. The van der Waals surface area contributed by atoms with Gasteiger partial charge in [0, 0.05) is 24.7 Å². The first-order valence-electron chi connectivity index (χ1n) is 8.54. The number of aromatic nitrogens is 2. The second-order valence-electron chi connectivity index (χ2n) is 6.50. The van der Waals surface area contributed by atoms with Crippen LogP contribution < -0.4 is 4.74 Å². The van der Waals surface area contributed by atoms with E-state index in [1.165, 1.54) is 0 Å². The number of carbonyl (C=O) groups is 1. The van der Waals surface area contributed by atoms with E-state index in [9.17, 15) is 4.79 Å².